The Morgan fingerprint density at radius 2 is 2.15 bits per heavy atom. The molecule has 0 aliphatic heterocycles. The lowest BCUT2D eigenvalue weighted by atomic mass is 10.2. The molecular weight excluding hydrogens is 233 g/mol. The second-order valence-electron chi connectivity index (χ2n) is 3.37. The van der Waals surface area contributed by atoms with Crippen molar-refractivity contribution in [3.8, 4) is 0 Å². The van der Waals surface area contributed by atoms with Crippen LogP contribution >= 0.6 is 15.9 Å². The molecule has 0 unspecified atom stereocenters. The predicted molar refractivity (Wildman–Crippen MR) is 57.4 cm³/mol. The largest absolute Gasteiger partial charge is 0.382 e. The fourth-order valence-corrected chi connectivity index (χ4v) is 1.46. The molecule has 0 heterocycles. The molecule has 0 amide bonds. The Balaban J connectivity index is 2.75. The second-order valence-corrected chi connectivity index (χ2v) is 4.23. The summed E-state index contributed by atoms with van der Waals surface area (Å²) >= 11 is 3.29. The molecule has 0 radical (unpaired) electrons. The van der Waals surface area contributed by atoms with E-state index in [1.807, 2.05) is 6.07 Å². The molecule has 72 valence electrons. The third-order valence-corrected chi connectivity index (χ3v) is 2.31. The van der Waals surface area contributed by atoms with Crippen molar-refractivity contribution in [3.63, 3.8) is 0 Å². The summed E-state index contributed by atoms with van der Waals surface area (Å²) in [6, 6.07) is 4.96. The van der Waals surface area contributed by atoms with E-state index in [1.54, 1.807) is 6.07 Å². The Hall–Kier alpha value is -0.570. The van der Waals surface area contributed by atoms with Gasteiger partial charge in [-0.05, 0) is 34.0 Å². The number of anilines is 1. The summed E-state index contributed by atoms with van der Waals surface area (Å²) in [5.41, 5.74) is 0.552. The van der Waals surface area contributed by atoms with Crippen molar-refractivity contribution >= 4 is 21.6 Å². The van der Waals surface area contributed by atoms with Gasteiger partial charge in [0.15, 0.2) is 0 Å². The van der Waals surface area contributed by atoms with E-state index in [4.69, 9.17) is 0 Å². The molecule has 13 heavy (non-hydrogen) atoms. The maximum absolute atomic E-state index is 13.2. The summed E-state index contributed by atoms with van der Waals surface area (Å²) in [5.74, 6) is 0.293. The second kappa shape index (κ2) is 4.61. The molecule has 1 N–H and O–H groups in total. The number of hydrogen-bond acceptors (Lipinski definition) is 1. The lowest BCUT2D eigenvalue weighted by Gasteiger charge is -2.11. The molecule has 0 fully saturated rings. The molecule has 0 aromatic heterocycles. The van der Waals surface area contributed by atoms with E-state index in [-0.39, 0.29) is 5.82 Å². The van der Waals surface area contributed by atoms with Crippen molar-refractivity contribution in [2.24, 2.45) is 5.92 Å². The van der Waals surface area contributed by atoms with Crippen LogP contribution < -0.4 is 5.32 Å². The van der Waals surface area contributed by atoms with Crippen LogP contribution in [0.4, 0.5) is 10.1 Å². The van der Waals surface area contributed by atoms with Gasteiger partial charge < -0.3 is 5.32 Å². The van der Waals surface area contributed by atoms with E-state index in [0.29, 0.717) is 11.6 Å². The van der Waals surface area contributed by atoms with Crippen LogP contribution in [-0.4, -0.2) is 6.54 Å². The van der Waals surface area contributed by atoms with Crippen molar-refractivity contribution in [2.45, 2.75) is 13.8 Å². The summed E-state index contributed by atoms with van der Waals surface area (Å²) < 4.78 is 14.0. The Labute approximate surface area is 86.5 Å². The van der Waals surface area contributed by atoms with Gasteiger partial charge in [-0.15, -0.1) is 0 Å². The lowest BCUT2D eigenvalue weighted by molar-refractivity contribution is 0.623. The summed E-state index contributed by atoms with van der Waals surface area (Å²) in [4.78, 5) is 0. The van der Waals surface area contributed by atoms with Gasteiger partial charge in [-0.3, -0.25) is 0 Å². The van der Waals surface area contributed by atoms with Gasteiger partial charge in [-0.25, -0.2) is 4.39 Å². The highest BCUT2D eigenvalue weighted by atomic mass is 79.9. The van der Waals surface area contributed by atoms with E-state index in [1.165, 1.54) is 6.07 Å². The Kier molecular flexibility index (Phi) is 3.72. The third-order valence-electron chi connectivity index (χ3n) is 1.65. The number of hydrogen-bond donors (Lipinski definition) is 1. The van der Waals surface area contributed by atoms with Crippen LogP contribution in [0, 0.1) is 11.7 Å². The zero-order valence-corrected chi connectivity index (χ0v) is 9.36. The van der Waals surface area contributed by atoms with Crippen LogP contribution in [0.25, 0.3) is 0 Å². The molecule has 0 aliphatic rings. The smallest absolute Gasteiger partial charge is 0.147 e. The average molecular weight is 246 g/mol. The van der Waals surface area contributed by atoms with Crippen LogP contribution in [-0.2, 0) is 0 Å². The minimum absolute atomic E-state index is 0.213. The molecular formula is C10H13BrFN. The number of para-hydroxylation sites is 1. The molecule has 0 aliphatic carbocycles. The monoisotopic (exact) mass is 245 g/mol. The van der Waals surface area contributed by atoms with Crippen molar-refractivity contribution in [1.29, 1.82) is 0 Å². The van der Waals surface area contributed by atoms with Crippen LogP contribution in [0.3, 0.4) is 0 Å². The van der Waals surface area contributed by atoms with Gasteiger partial charge in [0.05, 0.1) is 5.69 Å². The zero-order valence-electron chi connectivity index (χ0n) is 7.77. The fourth-order valence-electron chi connectivity index (χ4n) is 0.973. The predicted octanol–water partition coefficient (Wildman–Crippen LogP) is 3.66. The summed E-state index contributed by atoms with van der Waals surface area (Å²) in [5, 5.41) is 3.06. The molecule has 1 aromatic rings. The quantitative estimate of drug-likeness (QED) is 0.858. The number of benzene rings is 1. The summed E-state index contributed by atoms with van der Waals surface area (Å²) in [6.07, 6.45) is 0. The van der Waals surface area contributed by atoms with Crippen LogP contribution in [0.2, 0.25) is 0 Å². The van der Waals surface area contributed by atoms with E-state index in [0.717, 1.165) is 11.0 Å². The molecule has 0 bridgehead atoms. The number of rotatable bonds is 3. The molecule has 0 saturated heterocycles. The van der Waals surface area contributed by atoms with Gasteiger partial charge >= 0.3 is 0 Å². The minimum Gasteiger partial charge on any atom is -0.382 e. The molecule has 0 saturated carbocycles. The maximum atomic E-state index is 13.2. The van der Waals surface area contributed by atoms with Crippen molar-refractivity contribution in [3.05, 3.63) is 28.5 Å². The molecule has 1 aromatic carbocycles. The standard InChI is InChI=1S/C10H13BrFN/c1-7(2)6-13-10-8(11)4-3-5-9(10)12/h3-5,7,13H,6H2,1-2H3. The first kappa shape index (κ1) is 10.5. The highest BCUT2D eigenvalue weighted by Crippen LogP contribution is 2.25. The Morgan fingerprint density at radius 3 is 2.69 bits per heavy atom. The summed E-state index contributed by atoms with van der Waals surface area (Å²) in [6.45, 7) is 4.95. The topological polar surface area (TPSA) is 12.0 Å². The van der Waals surface area contributed by atoms with Crippen molar-refractivity contribution in [1.82, 2.24) is 0 Å². The van der Waals surface area contributed by atoms with Gasteiger partial charge in [-0.2, -0.15) is 0 Å². The van der Waals surface area contributed by atoms with E-state index in [9.17, 15) is 4.39 Å². The maximum Gasteiger partial charge on any atom is 0.147 e. The highest BCUT2D eigenvalue weighted by molar-refractivity contribution is 9.10. The SMILES string of the molecule is CC(C)CNc1c(F)cccc1Br. The number of nitrogens with one attached hydrogen (secondary N) is 1. The molecule has 0 atom stereocenters. The summed E-state index contributed by atoms with van der Waals surface area (Å²) in [7, 11) is 0. The molecule has 1 rings (SSSR count). The fraction of sp³-hybridized carbons (Fsp3) is 0.400. The first-order chi connectivity index (χ1) is 6.11. The van der Waals surface area contributed by atoms with E-state index in [2.05, 4.69) is 35.1 Å². The average Bonchev–Trinajstić information content (AvgIpc) is 2.03. The Bertz CT molecular complexity index is 266. The molecule has 3 heteroatoms. The molecule has 1 nitrogen and oxygen atoms in total. The molecule has 0 spiro atoms. The highest BCUT2D eigenvalue weighted by Gasteiger charge is 2.05. The van der Waals surface area contributed by atoms with Crippen LogP contribution in [0.1, 0.15) is 13.8 Å². The van der Waals surface area contributed by atoms with Gasteiger partial charge in [0.1, 0.15) is 5.82 Å². The van der Waals surface area contributed by atoms with Crippen LogP contribution in [0.5, 0.6) is 0 Å². The van der Waals surface area contributed by atoms with E-state index >= 15 is 0 Å². The van der Waals surface area contributed by atoms with Crippen molar-refractivity contribution < 1.29 is 4.39 Å². The van der Waals surface area contributed by atoms with Crippen molar-refractivity contribution in [2.75, 3.05) is 11.9 Å². The zero-order chi connectivity index (χ0) is 9.84. The number of halogens is 2. The van der Waals surface area contributed by atoms with E-state index < -0.39 is 0 Å². The lowest BCUT2D eigenvalue weighted by Crippen LogP contribution is -2.09. The van der Waals surface area contributed by atoms with Gasteiger partial charge in [0, 0.05) is 11.0 Å². The first-order valence-electron chi connectivity index (χ1n) is 4.29. The first-order valence-corrected chi connectivity index (χ1v) is 5.08. The van der Waals surface area contributed by atoms with Gasteiger partial charge in [0.2, 0.25) is 0 Å². The third kappa shape index (κ3) is 2.99. The van der Waals surface area contributed by atoms with Gasteiger partial charge in [0.25, 0.3) is 0 Å². The Morgan fingerprint density at radius 1 is 1.46 bits per heavy atom. The van der Waals surface area contributed by atoms with Crippen LogP contribution in [0.15, 0.2) is 22.7 Å². The normalized spacial score (nSPS) is 10.5. The minimum atomic E-state index is -0.213. The van der Waals surface area contributed by atoms with Gasteiger partial charge in [-0.1, -0.05) is 19.9 Å².